The number of carbonyl (C=O) groups is 1. The standard InChI is InChI=1S/C25H23NO5S2/c1-16-7-9-17(10-8-16)13-24-25(27)26-20-14-18(11-12-23(20)32-24)33(28,29)15-19-21(30-2)5-4-6-22(19)31-3/h4-14H,15H2,1-3H3,(H,26,27)/b24-13-. The number of benzene rings is 3. The molecule has 3 aromatic rings. The van der Waals surface area contributed by atoms with Crippen molar-refractivity contribution >= 4 is 39.3 Å². The van der Waals surface area contributed by atoms with Crippen molar-refractivity contribution in [3.63, 3.8) is 0 Å². The molecule has 33 heavy (non-hydrogen) atoms. The minimum atomic E-state index is -3.73. The van der Waals surface area contributed by atoms with Gasteiger partial charge in [-0.05, 0) is 48.9 Å². The molecule has 4 rings (SSSR count). The summed E-state index contributed by atoms with van der Waals surface area (Å²) in [7, 11) is -0.762. The highest BCUT2D eigenvalue weighted by atomic mass is 32.2. The summed E-state index contributed by atoms with van der Waals surface area (Å²) in [5.41, 5.74) is 2.98. The fourth-order valence-corrected chi connectivity index (χ4v) is 5.83. The second-order valence-corrected chi connectivity index (χ2v) is 10.6. The Balaban J connectivity index is 1.63. The Bertz CT molecular complexity index is 1320. The van der Waals surface area contributed by atoms with E-state index in [2.05, 4.69) is 5.32 Å². The highest BCUT2D eigenvalue weighted by Gasteiger charge is 2.26. The molecular formula is C25H23NO5S2. The lowest BCUT2D eigenvalue weighted by molar-refractivity contribution is -0.112. The molecule has 0 saturated carbocycles. The van der Waals surface area contributed by atoms with Gasteiger partial charge in [0, 0.05) is 4.90 Å². The summed E-state index contributed by atoms with van der Waals surface area (Å²) in [5.74, 6) is 0.309. The SMILES string of the molecule is COc1cccc(OC)c1CS(=O)(=O)c1ccc2c(c1)NC(=O)/C(=C/c1ccc(C)cc1)S2. The van der Waals surface area contributed by atoms with E-state index < -0.39 is 9.84 Å². The van der Waals surface area contributed by atoms with Gasteiger partial charge in [-0.3, -0.25) is 4.79 Å². The first-order valence-corrected chi connectivity index (χ1v) is 12.6. The van der Waals surface area contributed by atoms with Gasteiger partial charge in [-0.1, -0.05) is 47.7 Å². The van der Waals surface area contributed by atoms with Crippen molar-refractivity contribution < 1.29 is 22.7 Å². The topological polar surface area (TPSA) is 81.7 Å². The van der Waals surface area contributed by atoms with E-state index >= 15 is 0 Å². The van der Waals surface area contributed by atoms with Gasteiger partial charge in [-0.25, -0.2) is 8.42 Å². The Morgan fingerprint density at radius 1 is 0.970 bits per heavy atom. The molecular weight excluding hydrogens is 458 g/mol. The maximum atomic E-state index is 13.2. The molecule has 0 aliphatic carbocycles. The van der Waals surface area contributed by atoms with Crippen LogP contribution in [0.3, 0.4) is 0 Å². The number of ether oxygens (including phenoxy) is 2. The van der Waals surface area contributed by atoms with Crippen LogP contribution in [0.2, 0.25) is 0 Å². The van der Waals surface area contributed by atoms with Crippen molar-refractivity contribution in [3.8, 4) is 11.5 Å². The van der Waals surface area contributed by atoms with Gasteiger partial charge in [0.2, 0.25) is 0 Å². The van der Waals surface area contributed by atoms with Crippen LogP contribution < -0.4 is 14.8 Å². The quantitative estimate of drug-likeness (QED) is 0.495. The number of thioether (sulfide) groups is 1. The van der Waals surface area contributed by atoms with Gasteiger partial charge in [-0.2, -0.15) is 0 Å². The van der Waals surface area contributed by atoms with Gasteiger partial charge in [0.1, 0.15) is 11.5 Å². The fourth-order valence-electron chi connectivity index (χ4n) is 3.49. The van der Waals surface area contributed by atoms with Crippen LogP contribution in [0.25, 0.3) is 6.08 Å². The van der Waals surface area contributed by atoms with Crippen molar-refractivity contribution in [2.45, 2.75) is 22.5 Å². The van der Waals surface area contributed by atoms with Crippen LogP contribution in [0.1, 0.15) is 16.7 Å². The molecule has 1 aliphatic rings. The summed E-state index contributed by atoms with van der Waals surface area (Å²) < 4.78 is 37.1. The smallest absolute Gasteiger partial charge is 0.262 e. The number of carbonyl (C=O) groups excluding carboxylic acids is 1. The molecule has 1 N–H and O–H groups in total. The molecule has 0 saturated heterocycles. The van der Waals surface area contributed by atoms with Gasteiger partial charge >= 0.3 is 0 Å². The van der Waals surface area contributed by atoms with E-state index in [1.54, 1.807) is 30.3 Å². The zero-order valence-electron chi connectivity index (χ0n) is 18.4. The summed E-state index contributed by atoms with van der Waals surface area (Å²) in [4.78, 5) is 14.1. The Morgan fingerprint density at radius 3 is 2.27 bits per heavy atom. The molecule has 1 aliphatic heterocycles. The molecule has 0 fully saturated rings. The number of anilines is 1. The third-order valence-corrected chi connectivity index (χ3v) is 7.98. The van der Waals surface area contributed by atoms with Gasteiger partial charge in [0.25, 0.3) is 5.91 Å². The molecule has 1 heterocycles. The number of hydrogen-bond acceptors (Lipinski definition) is 6. The molecule has 0 aromatic heterocycles. The van der Waals surface area contributed by atoms with E-state index in [0.717, 1.165) is 16.0 Å². The maximum Gasteiger partial charge on any atom is 0.262 e. The Hall–Kier alpha value is -3.23. The Labute approximate surface area is 197 Å². The van der Waals surface area contributed by atoms with E-state index in [-0.39, 0.29) is 16.6 Å². The van der Waals surface area contributed by atoms with Crippen molar-refractivity contribution in [2.24, 2.45) is 0 Å². The summed E-state index contributed by atoms with van der Waals surface area (Å²) >= 11 is 1.31. The Kier molecular flexibility index (Phi) is 6.49. The minimum Gasteiger partial charge on any atom is -0.496 e. The van der Waals surface area contributed by atoms with E-state index in [4.69, 9.17) is 9.47 Å². The van der Waals surface area contributed by atoms with Gasteiger partial charge in [0.15, 0.2) is 9.84 Å². The second-order valence-electron chi connectivity index (χ2n) is 7.53. The molecule has 3 aromatic carbocycles. The van der Waals surface area contributed by atoms with Crippen LogP contribution in [0, 0.1) is 6.92 Å². The number of nitrogens with one attached hydrogen (secondary N) is 1. The van der Waals surface area contributed by atoms with Gasteiger partial charge < -0.3 is 14.8 Å². The van der Waals surface area contributed by atoms with Gasteiger partial charge in [-0.15, -0.1) is 0 Å². The van der Waals surface area contributed by atoms with E-state index in [9.17, 15) is 13.2 Å². The number of aryl methyl sites for hydroxylation is 1. The molecule has 6 nitrogen and oxygen atoms in total. The lowest BCUT2D eigenvalue weighted by Crippen LogP contribution is -2.18. The average Bonchev–Trinajstić information content (AvgIpc) is 2.80. The van der Waals surface area contributed by atoms with Gasteiger partial charge in [0.05, 0.1) is 41.0 Å². The van der Waals surface area contributed by atoms with Crippen LogP contribution in [-0.2, 0) is 20.4 Å². The molecule has 0 unspecified atom stereocenters. The summed E-state index contributed by atoms with van der Waals surface area (Å²) in [6.45, 7) is 2.00. The number of amides is 1. The molecule has 8 heteroatoms. The Morgan fingerprint density at radius 2 is 1.64 bits per heavy atom. The number of hydrogen-bond donors (Lipinski definition) is 1. The van der Waals surface area contributed by atoms with Crippen molar-refractivity contribution in [1.29, 1.82) is 0 Å². The number of sulfone groups is 1. The zero-order chi connectivity index (χ0) is 23.6. The van der Waals surface area contributed by atoms with Crippen molar-refractivity contribution in [1.82, 2.24) is 0 Å². The molecule has 170 valence electrons. The lowest BCUT2D eigenvalue weighted by atomic mass is 10.1. The summed E-state index contributed by atoms with van der Waals surface area (Å²) in [6, 6.07) is 17.8. The number of rotatable bonds is 6. The zero-order valence-corrected chi connectivity index (χ0v) is 20.0. The normalized spacial score (nSPS) is 14.5. The monoisotopic (exact) mass is 481 g/mol. The van der Waals surface area contributed by atoms with Crippen molar-refractivity contribution in [3.05, 3.63) is 82.3 Å². The minimum absolute atomic E-state index is 0.112. The molecule has 0 atom stereocenters. The van der Waals surface area contributed by atoms with Crippen LogP contribution >= 0.6 is 11.8 Å². The maximum absolute atomic E-state index is 13.2. The first kappa shape index (κ1) is 22.9. The fraction of sp³-hybridized carbons (Fsp3) is 0.160. The van der Waals surface area contributed by atoms with Crippen LogP contribution in [0.5, 0.6) is 11.5 Å². The third-order valence-electron chi connectivity index (χ3n) is 5.24. The highest BCUT2D eigenvalue weighted by Crippen LogP contribution is 2.41. The number of fused-ring (bicyclic) bond motifs is 1. The van der Waals surface area contributed by atoms with E-state index in [1.165, 1.54) is 32.0 Å². The third kappa shape index (κ3) is 4.91. The number of methoxy groups -OCH3 is 2. The van der Waals surface area contributed by atoms with Crippen LogP contribution in [0.4, 0.5) is 5.69 Å². The van der Waals surface area contributed by atoms with Crippen LogP contribution in [-0.4, -0.2) is 28.5 Å². The molecule has 1 amide bonds. The predicted molar refractivity (Wildman–Crippen MR) is 131 cm³/mol. The second kappa shape index (κ2) is 9.33. The first-order chi connectivity index (χ1) is 15.8. The highest BCUT2D eigenvalue weighted by molar-refractivity contribution is 8.04. The molecule has 0 spiro atoms. The first-order valence-electron chi connectivity index (χ1n) is 10.1. The summed E-state index contributed by atoms with van der Waals surface area (Å²) in [5, 5.41) is 2.82. The average molecular weight is 482 g/mol. The van der Waals surface area contributed by atoms with Crippen molar-refractivity contribution in [2.75, 3.05) is 19.5 Å². The lowest BCUT2D eigenvalue weighted by Gasteiger charge is -2.20. The van der Waals surface area contributed by atoms with Crippen LogP contribution in [0.15, 0.2) is 75.4 Å². The predicted octanol–water partition coefficient (Wildman–Crippen LogP) is 5.07. The van der Waals surface area contributed by atoms with E-state index in [1.807, 2.05) is 37.3 Å². The molecule has 0 bridgehead atoms. The van der Waals surface area contributed by atoms with E-state index in [0.29, 0.717) is 27.7 Å². The largest absolute Gasteiger partial charge is 0.496 e. The molecule has 0 radical (unpaired) electrons. The summed E-state index contributed by atoms with van der Waals surface area (Å²) in [6.07, 6.45) is 1.82.